The molecule has 0 atom stereocenters. The van der Waals surface area contributed by atoms with Gasteiger partial charge in [-0.05, 0) is 83.1 Å². The van der Waals surface area contributed by atoms with Gasteiger partial charge in [-0.15, -0.1) is 0 Å². The molecule has 0 N–H and O–H groups in total. The summed E-state index contributed by atoms with van der Waals surface area (Å²) in [7, 11) is 0. The zero-order chi connectivity index (χ0) is 33.9. The third kappa shape index (κ3) is 4.53. The number of fused-ring (bicyclic) bond motifs is 4. The van der Waals surface area contributed by atoms with Crippen LogP contribution in [0.25, 0.3) is 60.9 Å². The summed E-state index contributed by atoms with van der Waals surface area (Å²) in [6.07, 6.45) is 0. The Balaban J connectivity index is 1.31. The van der Waals surface area contributed by atoms with Gasteiger partial charge in [-0.1, -0.05) is 127 Å². The minimum absolute atomic E-state index is 0.322. The number of para-hydroxylation sites is 1. The lowest BCUT2D eigenvalue weighted by molar-refractivity contribution is 0.0926. The lowest BCUT2D eigenvalue weighted by atomic mass is 9.98. The molecule has 0 saturated carbocycles. The number of amides is 2. The van der Waals surface area contributed by atoms with Gasteiger partial charge in [0.2, 0.25) is 0 Å². The van der Waals surface area contributed by atoms with Crippen LogP contribution in [0.5, 0.6) is 0 Å². The average molecular weight is 645 g/mol. The summed E-state index contributed by atoms with van der Waals surface area (Å²) < 4.78 is 2.19. The summed E-state index contributed by atoms with van der Waals surface area (Å²) >= 11 is 0. The number of nitrogens with zero attached hydrogens (tertiary/aromatic N) is 2. The smallest absolute Gasteiger partial charge is 0.268 e. The Kier molecular flexibility index (Phi) is 6.85. The summed E-state index contributed by atoms with van der Waals surface area (Å²) in [5.74, 6) is -0.652. The minimum atomic E-state index is -0.330. The van der Waals surface area contributed by atoms with E-state index in [-0.39, 0.29) is 11.8 Å². The molecule has 1 aliphatic heterocycles. The van der Waals surface area contributed by atoms with Crippen molar-refractivity contribution in [1.29, 1.82) is 0 Å². The summed E-state index contributed by atoms with van der Waals surface area (Å²) in [6, 6.07) is 53.1. The molecular formula is C46H32N2O2. The van der Waals surface area contributed by atoms with E-state index in [4.69, 9.17) is 0 Å². The van der Waals surface area contributed by atoms with Crippen molar-refractivity contribution in [2.75, 3.05) is 4.90 Å². The molecular weight excluding hydrogens is 613 g/mol. The van der Waals surface area contributed by atoms with Gasteiger partial charge in [-0.2, -0.15) is 0 Å². The van der Waals surface area contributed by atoms with Gasteiger partial charge in [0.05, 0.1) is 33.5 Å². The van der Waals surface area contributed by atoms with E-state index in [0.717, 1.165) is 55.2 Å². The first kappa shape index (κ1) is 29.6. The number of carbonyl (C=O) groups is 2. The Bertz CT molecular complexity index is 2560. The molecule has 4 nitrogen and oxygen atoms in total. The SMILES string of the molecule is Cc1ccccc1-c1ccc2c3ccc(-c4ccccc4C)cc3n(-c3cccc4c3C(=O)N(c3ccccc3-c3ccccc3)C4=O)c2c1. The summed E-state index contributed by atoms with van der Waals surface area (Å²) in [5.41, 5.74) is 12.6. The van der Waals surface area contributed by atoms with Crippen molar-refractivity contribution in [3.05, 3.63) is 180 Å². The van der Waals surface area contributed by atoms with Gasteiger partial charge in [-0.25, -0.2) is 4.90 Å². The average Bonchev–Trinajstić information content (AvgIpc) is 3.61. The van der Waals surface area contributed by atoms with Crippen molar-refractivity contribution < 1.29 is 9.59 Å². The molecule has 2 heterocycles. The Labute approximate surface area is 290 Å². The van der Waals surface area contributed by atoms with Gasteiger partial charge in [0, 0.05) is 16.3 Å². The lowest BCUT2D eigenvalue weighted by Crippen LogP contribution is -2.30. The van der Waals surface area contributed by atoms with E-state index in [9.17, 15) is 9.59 Å². The molecule has 0 saturated heterocycles. The Morgan fingerprint density at radius 3 is 1.50 bits per heavy atom. The summed E-state index contributed by atoms with van der Waals surface area (Å²) in [5, 5.41) is 2.16. The largest absolute Gasteiger partial charge is 0.308 e. The molecule has 0 bridgehead atoms. The van der Waals surface area contributed by atoms with Crippen molar-refractivity contribution in [3.63, 3.8) is 0 Å². The van der Waals surface area contributed by atoms with Crippen molar-refractivity contribution in [1.82, 2.24) is 4.57 Å². The molecule has 0 spiro atoms. The third-order valence-corrected chi connectivity index (χ3v) is 10.0. The minimum Gasteiger partial charge on any atom is -0.308 e. The van der Waals surface area contributed by atoms with Gasteiger partial charge in [0.15, 0.2) is 0 Å². The Morgan fingerprint density at radius 2 is 0.900 bits per heavy atom. The van der Waals surface area contributed by atoms with Crippen molar-refractivity contribution in [2.24, 2.45) is 0 Å². The Morgan fingerprint density at radius 1 is 0.400 bits per heavy atom. The van der Waals surface area contributed by atoms with Crippen LogP contribution < -0.4 is 4.90 Å². The van der Waals surface area contributed by atoms with Gasteiger partial charge >= 0.3 is 0 Å². The highest BCUT2D eigenvalue weighted by molar-refractivity contribution is 6.36. The van der Waals surface area contributed by atoms with Crippen LogP contribution in [0.2, 0.25) is 0 Å². The van der Waals surface area contributed by atoms with Gasteiger partial charge in [-0.3, -0.25) is 9.59 Å². The normalized spacial score (nSPS) is 12.6. The van der Waals surface area contributed by atoms with Crippen LogP contribution in [0.1, 0.15) is 31.8 Å². The standard InChI is InChI=1S/C46H32N2O2/c1-29-13-6-8-17-34(29)32-23-25-37-38-26-24-33(35-18-9-7-14-30(35)2)28-43(38)47(42(37)27-32)41-22-12-20-39-44(41)46(50)48(45(39)49)40-21-11-10-19-36(40)31-15-4-3-5-16-31/h3-28H,1-2H3. The van der Waals surface area contributed by atoms with E-state index in [1.807, 2.05) is 66.7 Å². The predicted octanol–water partition coefficient (Wildman–Crippen LogP) is 11.2. The first-order valence-electron chi connectivity index (χ1n) is 16.9. The number of benzene rings is 7. The maximum atomic E-state index is 14.7. The first-order valence-corrected chi connectivity index (χ1v) is 16.9. The van der Waals surface area contributed by atoms with Crippen LogP contribution >= 0.6 is 0 Å². The topological polar surface area (TPSA) is 42.3 Å². The Hall–Kier alpha value is -6.52. The van der Waals surface area contributed by atoms with Gasteiger partial charge in [0.25, 0.3) is 11.8 Å². The molecule has 0 radical (unpaired) electrons. The van der Waals surface area contributed by atoms with E-state index in [1.165, 1.54) is 16.0 Å². The molecule has 0 unspecified atom stereocenters. The quantitative estimate of drug-likeness (QED) is 0.175. The molecule has 2 amide bonds. The van der Waals surface area contributed by atoms with E-state index >= 15 is 0 Å². The van der Waals surface area contributed by atoms with Crippen LogP contribution in [0.3, 0.4) is 0 Å². The predicted molar refractivity (Wildman–Crippen MR) is 204 cm³/mol. The first-order chi connectivity index (χ1) is 24.5. The zero-order valence-electron chi connectivity index (χ0n) is 27.7. The highest BCUT2D eigenvalue weighted by Gasteiger charge is 2.40. The fraction of sp³-hybridized carbons (Fsp3) is 0.0435. The van der Waals surface area contributed by atoms with Crippen molar-refractivity contribution in [3.8, 4) is 39.1 Å². The molecule has 9 rings (SSSR count). The molecule has 1 aliphatic rings. The zero-order valence-corrected chi connectivity index (χ0v) is 27.7. The molecule has 0 aliphatic carbocycles. The number of aryl methyl sites for hydroxylation is 2. The molecule has 238 valence electrons. The fourth-order valence-corrected chi connectivity index (χ4v) is 7.61. The molecule has 8 aromatic rings. The molecule has 1 aromatic heterocycles. The second-order valence-electron chi connectivity index (χ2n) is 13.0. The number of hydrogen-bond donors (Lipinski definition) is 0. The van der Waals surface area contributed by atoms with Gasteiger partial charge in [0.1, 0.15) is 0 Å². The van der Waals surface area contributed by atoms with E-state index in [1.54, 1.807) is 6.07 Å². The lowest BCUT2D eigenvalue weighted by Gasteiger charge is -2.19. The van der Waals surface area contributed by atoms with Crippen LogP contribution in [-0.2, 0) is 0 Å². The number of anilines is 1. The number of imide groups is 1. The second-order valence-corrected chi connectivity index (χ2v) is 13.0. The molecule has 7 aromatic carbocycles. The highest BCUT2D eigenvalue weighted by Crippen LogP contribution is 2.42. The van der Waals surface area contributed by atoms with Crippen LogP contribution in [-0.4, -0.2) is 16.4 Å². The summed E-state index contributed by atoms with van der Waals surface area (Å²) in [4.78, 5) is 30.4. The van der Waals surface area contributed by atoms with Crippen LogP contribution in [0.4, 0.5) is 5.69 Å². The van der Waals surface area contributed by atoms with Crippen molar-refractivity contribution in [2.45, 2.75) is 13.8 Å². The monoisotopic (exact) mass is 644 g/mol. The molecule has 50 heavy (non-hydrogen) atoms. The second kappa shape index (κ2) is 11.6. The van der Waals surface area contributed by atoms with Crippen LogP contribution in [0, 0.1) is 13.8 Å². The number of hydrogen-bond acceptors (Lipinski definition) is 2. The van der Waals surface area contributed by atoms with E-state index in [0.29, 0.717) is 22.5 Å². The van der Waals surface area contributed by atoms with E-state index < -0.39 is 0 Å². The third-order valence-electron chi connectivity index (χ3n) is 10.0. The number of rotatable bonds is 5. The van der Waals surface area contributed by atoms with Crippen molar-refractivity contribution >= 4 is 39.3 Å². The number of aromatic nitrogens is 1. The van der Waals surface area contributed by atoms with Crippen LogP contribution in [0.15, 0.2) is 158 Å². The molecule has 4 heteroatoms. The number of carbonyl (C=O) groups excluding carboxylic acids is 2. The summed E-state index contributed by atoms with van der Waals surface area (Å²) in [6.45, 7) is 4.25. The maximum Gasteiger partial charge on any atom is 0.268 e. The fourth-order valence-electron chi connectivity index (χ4n) is 7.61. The maximum absolute atomic E-state index is 14.7. The highest BCUT2D eigenvalue weighted by atomic mass is 16.2. The van der Waals surface area contributed by atoms with E-state index in [2.05, 4.69) is 103 Å². The van der Waals surface area contributed by atoms with Gasteiger partial charge < -0.3 is 4.57 Å². The molecule has 0 fully saturated rings.